The minimum atomic E-state index is 0.809. The van der Waals surface area contributed by atoms with Crippen LogP contribution in [0.4, 0.5) is 0 Å². The SMILES string of the molecule is c1csc(-c2nc(CNCCn3cccn3)cs2)c1. The van der Waals surface area contributed by atoms with Crippen molar-refractivity contribution in [3.63, 3.8) is 0 Å². The third-order valence-electron chi connectivity index (χ3n) is 2.67. The Labute approximate surface area is 119 Å². The Kier molecular flexibility index (Phi) is 4.02. The summed E-state index contributed by atoms with van der Waals surface area (Å²) in [5.74, 6) is 0. The van der Waals surface area contributed by atoms with E-state index in [4.69, 9.17) is 0 Å². The molecule has 0 aromatic carbocycles. The minimum absolute atomic E-state index is 0.809. The highest BCUT2D eigenvalue weighted by molar-refractivity contribution is 7.20. The predicted octanol–water partition coefficient (Wildman–Crippen LogP) is 2.86. The molecule has 3 aromatic heterocycles. The molecule has 0 radical (unpaired) electrons. The van der Waals surface area contributed by atoms with Crippen LogP contribution in [0.5, 0.6) is 0 Å². The highest BCUT2D eigenvalue weighted by atomic mass is 32.1. The van der Waals surface area contributed by atoms with E-state index in [2.05, 4.69) is 38.3 Å². The highest BCUT2D eigenvalue weighted by Gasteiger charge is 2.04. The zero-order valence-corrected chi connectivity index (χ0v) is 12.0. The van der Waals surface area contributed by atoms with E-state index in [1.807, 2.05) is 16.9 Å². The number of nitrogens with one attached hydrogen (secondary N) is 1. The molecule has 0 aliphatic carbocycles. The van der Waals surface area contributed by atoms with Gasteiger partial charge in [-0.1, -0.05) is 6.07 Å². The maximum Gasteiger partial charge on any atom is 0.133 e. The lowest BCUT2D eigenvalue weighted by Crippen LogP contribution is -2.19. The van der Waals surface area contributed by atoms with E-state index < -0.39 is 0 Å². The molecule has 0 fully saturated rings. The molecule has 3 rings (SSSR count). The van der Waals surface area contributed by atoms with Crippen LogP contribution in [-0.4, -0.2) is 21.3 Å². The highest BCUT2D eigenvalue weighted by Crippen LogP contribution is 2.27. The molecule has 4 nitrogen and oxygen atoms in total. The van der Waals surface area contributed by atoms with Crippen LogP contribution in [0, 0.1) is 0 Å². The fourth-order valence-electron chi connectivity index (χ4n) is 1.74. The first-order chi connectivity index (χ1) is 9.42. The van der Waals surface area contributed by atoms with Crippen molar-refractivity contribution < 1.29 is 0 Å². The van der Waals surface area contributed by atoms with E-state index in [1.165, 1.54) is 4.88 Å². The van der Waals surface area contributed by atoms with Gasteiger partial charge in [0.1, 0.15) is 5.01 Å². The molecule has 0 amide bonds. The quantitative estimate of drug-likeness (QED) is 0.710. The Balaban J connectivity index is 1.48. The van der Waals surface area contributed by atoms with Gasteiger partial charge in [-0.15, -0.1) is 22.7 Å². The molecule has 0 unspecified atom stereocenters. The van der Waals surface area contributed by atoms with Crippen molar-refractivity contribution in [3.8, 4) is 9.88 Å². The average molecular weight is 290 g/mol. The lowest BCUT2D eigenvalue weighted by atomic mass is 10.4. The maximum atomic E-state index is 4.63. The summed E-state index contributed by atoms with van der Waals surface area (Å²) in [6, 6.07) is 6.11. The molecule has 0 saturated heterocycles. The number of aromatic nitrogens is 3. The van der Waals surface area contributed by atoms with Crippen molar-refractivity contribution in [2.45, 2.75) is 13.1 Å². The van der Waals surface area contributed by atoms with Gasteiger partial charge in [0.25, 0.3) is 0 Å². The van der Waals surface area contributed by atoms with Gasteiger partial charge in [0.05, 0.1) is 17.1 Å². The molecular weight excluding hydrogens is 276 g/mol. The summed E-state index contributed by atoms with van der Waals surface area (Å²) in [5.41, 5.74) is 1.11. The standard InChI is InChI=1S/C13H14N4S2/c1-3-12(18-8-1)13-16-11(10-19-13)9-14-5-7-17-6-2-4-15-17/h1-4,6,8,10,14H,5,7,9H2. The summed E-state index contributed by atoms with van der Waals surface area (Å²) < 4.78 is 1.92. The summed E-state index contributed by atoms with van der Waals surface area (Å²) >= 11 is 3.44. The van der Waals surface area contributed by atoms with Crippen LogP contribution < -0.4 is 5.32 Å². The first kappa shape index (κ1) is 12.5. The van der Waals surface area contributed by atoms with Gasteiger partial charge < -0.3 is 5.32 Å². The van der Waals surface area contributed by atoms with E-state index in [-0.39, 0.29) is 0 Å². The van der Waals surface area contributed by atoms with Gasteiger partial charge in [-0.25, -0.2) is 4.98 Å². The van der Waals surface area contributed by atoms with Crippen molar-refractivity contribution in [2.75, 3.05) is 6.54 Å². The molecule has 0 spiro atoms. The first-order valence-corrected chi connectivity index (χ1v) is 7.84. The molecule has 0 aliphatic heterocycles. The van der Waals surface area contributed by atoms with E-state index in [1.54, 1.807) is 28.9 Å². The van der Waals surface area contributed by atoms with E-state index in [0.29, 0.717) is 0 Å². The van der Waals surface area contributed by atoms with Gasteiger partial charge in [0.2, 0.25) is 0 Å². The van der Waals surface area contributed by atoms with Crippen LogP contribution in [0.15, 0.2) is 41.4 Å². The normalized spacial score (nSPS) is 10.9. The van der Waals surface area contributed by atoms with Crippen molar-refractivity contribution in [3.05, 3.63) is 47.0 Å². The second-order valence-electron chi connectivity index (χ2n) is 4.07. The summed E-state index contributed by atoms with van der Waals surface area (Å²) in [5, 5.41) is 12.9. The Hall–Kier alpha value is -1.50. The maximum absolute atomic E-state index is 4.63. The summed E-state index contributed by atoms with van der Waals surface area (Å²) in [6.07, 6.45) is 3.77. The van der Waals surface area contributed by atoms with Gasteiger partial charge in [-0.3, -0.25) is 4.68 Å². The minimum Gasteiger partial charge on any atom is -0.309 e. The summed E-state index contributed by atoms with van der Waals surface area (Å²) in [6.45, 7) is 2.59. The lowest BCUT2D eigenvalue weighted by Gasteiger charge is -2.02. The zero-order chi connectivity index (χ0) is 12.9. The van der Waals surface area contributed by atoms with Gasteiger partial charge in [0, 0.05) is 30.9 Å². The van der Waals surface area contributed by atoms with Crippen LogP contribution in [0.2, 0.25) is 0 Å². The fraction of sp³-hybridized carbons (Fsp3) is 0.231. The first-order valence-electron chi connectivity index (χ1n) is 6.08. The molecule has 6 heteroatoms. The molecular formula is C13H14N4S2. The Morgan fingerprint density at radius 3 is 3.05 bits per heavy atom. The molecule has 19 heavy (non-hydrogen) atoms. The number of hydrogen-bond acceptors (Lipinski definition) is 5. The molecule has 0 aliphatic rings. The molecule has 98 valence electrons. The fourth-order valence-corrected chi connectivity index (χ4v) is 3.38. The summed E-state index contributed by atoms with van der Waals surface area (Å²) in [7, 11) is 0. The van der Waals surface area contributed by atoms with Gasteiger partial charge >= 0.3 is 0 Å². The lowest BCUT2D eigenvalue weighted by molar-refractivity contribution is 0.552. The van der Waals surface area contributed by atoms with Crippen LogP contribution in [0.3, 0.4) is 0 Å². The van der Waals surface area contributed by atoms with Crippen LogP contribution >= 0.6 is 22.7 Å². The summed E-state index contributed by atoms with van der Waals surface area (Å²) in [4.78, 5) is 5.87. The van der Waals surface area contributed by atoms with E-state index >= 15 is 0 Å². The van der Waals surface area contributed by atoms with Gasteiger partial charge in [-0.2, -0.15) is 5.10 Å². The smallest absolute Gasteiger partial charge is 0.133 e. The van der Waals surface area contributed by atoms with Crippen LogP contribution in [0.1, 0.15) is 5.69 Å². The van der Waals surface area contributed by atoms with Gasteiger partial charge in [0.15, 0.2) is 0 Å². The number of rotatable bonds is 6. The Morgan fingerprint density at radius 1 is 1.26 bits per heavy atom. The average Bonchev–Trinajstić information content (AvgIpc) is 3.15. The van der Waals surface area contributed by atoms with Crippen molar-refractivity contribution in [2.24, 2.45) is 0 Å². The molecule has 3 aromatic rings. The second-order valence-corrected chi connectivity index (χ2v) is 5.87. The molecule has 0 atom stereocenters. The molecule has 1 N–H and O–H groups in total. The van der Waals surface area contributed by atoms with Crippen molar-refractivity contribution in [1.82, 2.24) is 20.1 Å². The third kappa shape index (κ3) is 3.28. The molecule has 3 heterocycles. The topological polar surface area (TPSA) is 42.7 Å². The van der Waals surface area contributed by atoms with Crippen molar-refractivity contribution >= 4 is 22.7 Å². The van der Waals surface area contributed by atoms with Crippen LogP contribution in [-0.2, 0) is 13.1 Å². The van der Waals surface area contributed by atoms with E-state index in [9.17, 15) is 0 Å². The molecule has 0 saturated carbocycles. The Morgan fingerprint density at radius 2 is 2.26 bits per heavy atom. The Bertz CT molecular complexity index is 598. The van der Waals surface area contributed by atoms with Crippen molar-refractivity contribution in [1.29, 1.82) is 0 Å². The largest absolute Gasteiger partial charge is 0.309 e. The number of hydrogen-bond donors (Lipinski definition) is 1. The van der Waals surface area contributed by atoms with Crippen LogP contribution in [0.25, 0.3) is 9.88 Å². The number of nitrogens with zero attached hydrogens (tertiary/aromatic N) is 3. The van der Waals surface area contributed by atoms with E-state index in [0.717, 1.165) is 30.3 Å². The van der Waals surface area contributed by atoms with Gasteiger partial charge in [-0.05, 0) is 17.5 Å². The molecule has 0 bridgehead atoms. The zero-order valence-electron chi connectivity index (χ0n) is 10.3. The predicted molar refractivity (Wildman–Crippen MR) is 79.4 cm³/mol. The number of thiazole rings is 1. The monoisotopic (exact) mass is 290 g/mol. The second kappa shape index (κ2) is 6.10. The number of thiophene rings is 1. The third-order valence-corrected chi connectivity index (χ3v) is 4.60.